The minimum Gasteiger partial charge on any atom is -0.497 e. The number of fused-ring (bicyclic) bond motifs is 2. The van der Waals surface area contributed by atoms with Crippen molar-refractivity contribution < 1.29 is 9.84 Å². The molecule has 2 fully saturated rings. The van der Waals surface area contributed by atoms with Crippen molar-refractivity contribution in [3.05, 3.63) is 29.8 Å². The van der Waals surface area contributed by atoms with Crippen molar-refractivity contribution in [2.24, 2.45) is 16.7 Å². The third-order valence-corrected chi connectivity index (χ3v) is 6.06. The van der Waals surface area contributed by atoms with Gasteiger partial charge in [0.1, 0.15) is 11.4 Å². The van der Waals surface area contributed by atoms with Crippen LogP contribution in [0.3, 0.4) is 0 Å². The summed E-state index contributed by atoms with van der Waals surface area (Å²) >= 11 is 0. The molecule has 2 bridgehead atoms. The Morgan fingerprint density at radius 2 is 2.00 bits per heavy atom. The van der Waals surface area contributed by atoms with E-state index in [-0.39, 0.29) is 10.8 Å². The molecule has 3 rings (SSSR count). The molecule has 3 unspecified atom stereocenters. The summed E-state index contributed by atoms with van der Waals surface area (Å²) in [6, 6.07) is 7.98. The summed E-state index contributed by atoms with van der Waals surface area (Å²) in [7, 11) is 1.68. The van der Waals surface area contributed by atoms with Gasteiger partial charge in [0.05, 0.1) is 7.11 Å². The summed E-state index contributed by atoms with van der Waals surface area (Å²) in [5.74, 6) is 1.45. The quantitative estimate of drug-likeness (QED) is 0.878. The van der Waals surface area contributed by atoms with Gasteiger partial charge in [-0.1, -0.05) is 32.9 Å². The van der Waals surface area contributed by atoms with E-state index in [2.05, 4.69) is 26.8 Å². The van der Waals surface area contributed by atoms with E-state index in [0.717, 1.165) is 24.2 Å². The van der Waals surface area contributed by atoms with Crippen LogP contribution in [0.4, 0.5) is 0 Å². The van der Waals surface area contributed by atoms with Gasteiger partial charge >= 0.3 is 0 Å². The molecular formula is C17H24O2. The average molecular weight is 260 g/mol. The Bertz CT molecular complexity index is 501. The fourth-order valence-corrected chi connectivity index (χ4v) is 4.83. The molecule has 104 valence electrons. The highest BCUT2D eigenvalue weighted by atomic mass is 16.5. The second kappa shape index (κ2) is 3.76. The largest absolute Gasteiger partial charge is 0.497 e. The highest BCUT2D eigenvalue weighted by Gasteiger charge is 2.68. The van der Waals surface area contributed by atoms with Gasteiger partial charge in [0.15, 0.2) is 0 Å². The SMILES string of the molecule is COc1cccc(C2(O)C3(C)CCC(C3)C2(C)C)c1. The van der Waals surface area contributed by atoms with Crippen molar-refractivity contribution in [3.8, 4) is 5.75 Å². The molecular weight excluding hydrogens is 236 g/mol. The van der Waals surface area contributed by atoms with Crippen molar-refractivity contribution in [1.82, 2.24) is 0 Å². The Morgan fingerprint density at radius 3 is 2.58 bits per heavy atom. The summed E-state index contributed by atoms with van der Waals surface area (Å²) in [5.41, 5.74) is 0.179. The molecule has 1 aromatic carbocycles. The van der Waals surface area contributed by atoms with E-state index in [4.69, 9.17) is 4.74 Å². The van der Waals surface area contributed by atoms with Crippen molar-refractivity contribution in [2.75, 3.05) is 7.11 Å². The van der Waals surface area contributed by atoms with Crippen LogP contribution < -0.4 is 4.74 Å². The van der Waals surface area contributed by atoms with Crippen LogP contribution in [-0.2, 0) is 5.60 Å². The molecule has 0 saturated heterocycles. The normalized spacial score (nSPS) is 39.5. The van der Waals surface area contributed by atoms with Crippen molar-refractivity contribution in [2.45, 2.75) is 45.6 Å². The van der Waals surface area contributed by atoms with Gasteiger partial charge < -0.3 is 9.84 Å². The maximum absolute atomic E-state index is 11.6. The predicted octanol–water partition coefficient (Wildman–Crippen LogP) is 3.73. The van der Waals surface area contributed by atoms with E-state index in [0.29, 0.717) is 5.92 Å². The smallest absolute Gasteiger partial charge is 0.119 e. The molecule has 19 heavy (non-hydrogen) atoms. The molecule has 2 aliphatic carbocycles. The molecule has 0 amide bonds. The van der Waals surface area contributed by atoms with Crippen LogP contribution in [0, 0.1) is 16.7 Å². The van der Waals surface area contributed by atoms with Crippen LogP contribution in [0.25, 0.3) is 0 Å². The van der Waals surface area contributed by atoms with Gasteiger partial charge in [0, 0.05) is 10.8 Å². The Balaban J connectivity index is 2.15. The van der Waals surface area contributed by atoms with Crippen LogP contribution in [0.2, 0.25) is 0 Å². The lowest BCUT2D eigenvalue weighted by molar-refractivity contribution is -0.150. The molecule has 0 aliphatic heterocycles. The molecule has 2 saturated carbocycles. The summed E-state index contributed by atoms with van der Waals surface area (Å²) in [6.07, 6.45) is 3.50. The van der Waals surface area contributed by atoms with Crippen LogP contribution in [0.1, 0.15) is 45.6 Å². The van der Waals surface area contributed by atoms with Crippen molar-refractivity contribution in [1.29, 1.82) is 0 Å². The molecule has 3 atom stereocenters. The number of ether oxygens (including phenoxy) is 1. The molecule has 0 spiro atoms. The van der Waals surface area contributed by atoms with Gasteiger partial charge in [-0.15, -0.1) is 0 Å². The van der Waals surface area contributed by atoms with E-state index in [1.54, 1.807) is 7.11 Å². The van der Waals surface area contributed by atoms with Gasteiger partial charge in [-0.05, 0) is 42.9 Å². The zero-order valence-corrected chi connectivity index (χ0v) is 12.4. The number of aliphatic hydroxyl groups is 1. The van der Waals surface area contributed by atoms with Crippen LogP contribution in [0.15, 0.2) is 24.3 Å². The molecule has 0 heterocycles. The lowest BCUT2D eigenvalue weighted by Crippen LogP contribution is -2.51. The third kappa shape index (κ3) is 1.41. The Labute approximate surface area is 115 Å². The van der Waals surface area contributed by atoms with Crippen LogP contribution in [0.5, 0.6) is 5.75 Å². The zero-order chi connectivity index (χ0) is 13.9. The molecule has 1 aromatic rings. The van der Waals surface area contributed by atoms with Gasteiger partial charge in [-0.2, -0.15) is 0 Å². The van der Waals surface area contributed by atoms with Gasteiger partial charge in [-0.3, -0.25) is 0 Å². The minimum atomic E-state index is -0.753. The van der Waals surface area contributed by atoms with Gasteiger partial charge in [-0.25, -0.2) is 0 Å². The summed E-state index contributed by atoms with van der Waals surface area (Å²) in [4.78, 5) is 0. The predicted molar refractivity (Wildman–Crippen MR) is 76.1 cm³/mol. The molecule has 2 aliphatic rings. The van der Waals surface area contributed by atoms with Gasteiger partial charge in [0.25, 0.3) is 0 Å². The second-order valence-electron chi connectivity index (χ2n) is 7.16. The van der Waals surface area contributed by atoms with Gasteiger partial charge in [0.2, 0.25) is 0 Å². The summed E-state index contributed by atoms with van der Waals surface area (Å²) in [5, 5.41) is 11.6. The lowest BCUT2D eigenvalue weighted by Gasteiger charge is -2.51. The molecule has 0 aromatic heterocycles. The maximum Gasteiger partial charge on any atom is 0.119 e. The number of methoxy groups -OCH3 is 1. The maximum atomic E-state index is 11.6. The first kappa shape index (κ1) is 13.0. The first-order valence-electron chi connectivity index (χ1n) is 7.22. The van der Waals surface area contributed by atoms with E-state index in [1.165, 1.54) is 6.42 Å². The van der Waals surface area contributed by atoms with Crippen molar-refractivity contribution >= 4 is 0 Å². The highest BCUT2D eigenvalue weighted by molar-refractivity contribution is 5.38. The molecule has 1 N–H and O–H groups in total. The Kier molecular flexibility index (Phi) is 2.57. The van der Waals surface area contributed by atoms with E-state index in [1.807, 2.05) is 18.2 Å². The first-order chi connectivity index (χ1) is 8.85. The summed E-state index contributed by atoms with van der Waals surface area (Å²) < 4.78 is 5.33. The minimum absolute atomic E-state index is 0.00642. The third-order valence-electron chi connectivity index (χ3n) is 6.06. The number of rotatable bonds is 2. The lowest BCUT2D eigenvalue weighted by atomic mass is 9.58. The second-order valence-corrected chi connectivity index (χ2v) is 7.16. The average Bonchev–Trinajstić information content (AvgIpc) is 2.87. The van der Waals surface area contributed by atoms with E-state index in [9.17, 15) is 5.11 Å². The topological polar surface area (TPSA) is 29.5 Å². The summed E-state index contributed by atoms with van der Waals surface area (Å²) in [6.45, 7) is 6.70. The Hall–Kier alpha value is -1.02. The fourth-order valence-electron chi connectivity index (χ4n) is 4.83. The number of hydrogen-bond acceptors (Lipinski definition) is 2. The number of benzene rings is 1. The van der Waals surface area contributed by atoms with Crippen LogP contribution in [-0.4, -0.2) is 12.2 Å². The monoisotopic (exact) mass is 260 g/mol. The molecule has 0 radical (unpaired) electrons. The highest BCUT2D eigenvalue weighted by Crippen LogP contribution is 2.71. The standard InChI is InChI=1S/C17H24O2/c1-15(2)13-8-9-16(3,11-13)17(15,18)12-6-5-7-14(10-12)19-4/h5-7,10,13,18H,8-9,11H2,1-4H3. The fraction of sp³-hybridized carbons (Fsp3) is 0.647. The van der Waals surface area contributed by atoms with E-state index >= 15 is 0 Å². The Morgan fingerprint density at radius 1 is 1.26 bits per heavy atom. The van der Waals surface area contributed by atoms with Crippen molar-refractivity contribution in [3.63, 3.8) is 0 Å². The van der Waals surface area contributed by atoms with E-state index < -0.39 is 5.60 Å². The van der Waals surface area contributed by atoms with Crippen LogP contribution >= 0.6 is 0 Å². The number of hydrogen-bond donors (Lipinski definition) is 1. The first-order valence-corrected chi connectivity index (χ1v) is 7.22. The molecule has 2 heteroatoms. The zero-order valence-electron chi connectivity index (χ0n) is 12.4. The molecule has 2 nitrogen and oxygen atoms in total.